The smallest absolute Gasteiger partial charge is 0.125 e. The number of aromatic amines is 1. The molecule has 0 unspecified atom stereocenters. The monoisotopic (exact) mass is 284 g/mol. The molecular formula is C16H13FN2O2. The molecule has 0 aliphatic rings. The molecule has 0 fully saturated rings. The lowest BCUT2D eigenvalue weighted by Crippen LogP contribution is -1.85. The van der Waals surface area contributed by atoms with Crippen LogP contribution in [0, 0.1) is 5.82 Å². The van der Waals surface area contributed by atoms with Gasteiger partial charge in [-0.25, -0.2) is 4.39 Å². The van der Waals surface area contributed by atoms with E-state index in [2.05, 4.69) is 10.2 Å². The third kappa shape index (κ3) is 2.58. The maximum absolute atomic E-state index is 13.3. The molecule has 0 spiro atoms. The Balaban J connectivity index is 2.02. The van der Waals surface area contributed by atoms with Crippen molar-refractivity contribution in [1.29, 1.82) is 0 Å². The zero-order valence-electron chi connectivity index (χ0n) is 11.3. The lowest BCUT2D eigenvalue weighted by atomic mass is 10.1. The first-order valence-electron chi connectivity index (χ1n) is 6.36. The molecule has 0 saturated carbocycles. The number of hydrogen-bond acceptors (Lipinski definition) is 3. The normalized spacial score (nSPS) is 10.6. The van der Waals surface area contributed by atoms with Gasteiger partial charge in [0.25, 0.3) is 0 Å². The number of nitrogens with one attached hydrogen (secondary N) is 1. The van der Waals surface area contributed by atoms with Gasteiger partial charge in [0.1, 0.15) is 17.3 Å². The van der Waals surface area contributed by atoms with Gasteiger partial charge in [-0.1, -0.05) is 12.1 Å². The zero-order valence-corrected chi connectivity index (χ0v) is 11.3. The Morgan fingerprint density at radius 1 is 1.14 bits per heavy atom. The lowest BCUT2D eigenvalue weighted by molar-refractivity contribution is 0.412. The summed E-state index contributed by atoms with van der Waals surface area (Å²) in [6, 6.07) is 12.9. The molecule has 3 aromatic rings. The van der Waals surface area contributed by atoms with Crippen LogP contribution in [-0.4, -0.2) is 22.4 Å². The van der Waals surface area contributed by atoms with Crippen molar-refractivity contribution >= 4 is 0 Å². The molecule has 106 valence electrons. The zero-order chi connectivity index (χ0) is 14.8. The quantitative estimate of drug-likeness (QED) is 0.772. The summed E-state index contributed by atoms with van der Waals surface area (Å²) < 4.78 is 18.4. The van der Waals surface area contributed by atoms with Crippen molar-refractivity contribution in [3.05, 3.63) is 54.3 Å². The number of phenols is 1. The first-order chi connectivity index (χ1) is 10.2. The molecule has 3 rings (SSSR count). The highest BCUT2D eigenvalue weighted by atomic mass is 19.1. The molecular weight excluding hydrogens is 271 g/mol. The van der Waals surface area contributed by atoms with Crippen molar-refractivity contribution in [2.45, 2.75) is 0 Å². The third-order valence-corrected chi connectivity index (χ3v) is 3.19. The minimum Gasteiger partial charge on any atom is -0.507 e. The number of benzene rings is 2. The van der Waals surface area contributed by atoms with Crippen LogP contribution in [0.2, 0.25) is 0 Å². The Hall–Kier alpha value is -2.82. The number of nitrogens with zero attached hydrogens (tertiary/aromatic N) is 1. The number of aromatic hydroxyl groups is 1. The Bertz CT molecular complexity index is 783. The summed E-state index contributed by atoms with van der Waals surface area (Å²) in [5, 5.41) is 16.9. The Morgan fingerprint density at radius 3 is 2.76 bits per heavy atom. The van der Waals surface area contributed by atoms with Crippen LogP contribution in [0.25, 0.3) is 22.5 Å². The van der Waals surface area contributed by atoms with Crippen LogP contribution in [0.5, 0.6) is 11.5 Å². The average Bonchev–Trinajstić information content (AvgIpc) is 2.97. The predicted molar refractivity (Wildman–Crippen MR) is 77.6 cm³/mol. The van der Waals surface area contributed by atoms with E-state index >= 15 is 0 Å². The Labute approximate surface area is 120 Å². The molecule has 1 aromatic heterocycles. The van der Waals surface area contributed by atoms with Crippen molar-refractivity contribution in [2.75, 3.05) is 7.11 Å². The second kappa shape index (κ2) is 5.28. The van der Waals surface area contributed by atoms with Gasteiger partial charge in [-0.05, 0) is 36.4 Å². The van der Waals surface area contributed by atoms with Crippen molar-refractivity contribution in [1.82, 2.24) is 10.2 Å². The highest BCUT2D eigenvalue weighted by Crippen LogP contribution is 2.33. The lowest BCUT2D eigenvalue weighted by Gasteiger charge is -2.04. The van der Waals surface area contributed by atoms with Crippen LogP contribution in [0.15, 0.2) is 48.5 Å². The fourth-order valence-corrected chi connectivity index (χ4v) is 2.11. The molecule has 5 heteroatoms. The minimum atomic E-state index is -0.318. The molecule has 0 atom stereocenters. The van der Waals surface area contributed by atoms with E-state index in [-0.39, 0.29) is 11.6 Å². The molecule has 0 aliphatic heterocycles. The van der Waals surface area contributed by atoms with Crippen LogP contribution in [0.3, 0.4) is 0 Å². The van der Waals surface area contributed by atoms with Gasteiger partial charge in [0.2, 0.25) is 0 Å². The van der Waals surface area contributed by atoms with E-state index in [1.165, 1.54) is 12.1 Å². The number of H-pyrrole nitrogens is 1. The Kier molecular flexibility index (Phi) is 3.31. The highest BCUT2D eigenvalue weighted by Gasteiger charge is 2.11. The summed E-state index contributed by atoms with van der Waals surface area (Å²) in [4.78, 5) is 0. The molecule has 21 heavy (non-hydrogen) atoms. The van der Waals surface area contributed by atoms with Gasteiger partial charge in [0.05, 0.1) is 18.5 Å². The fourth-order valence-electron chi connectivity index (χ4n) is 2.11. The molecule has 0 radical (unpaired) electrons. The van der Waals surface area contributed by atoms with Gasteiger partial charge in [-0.2, -0.15) is 5.10 Å². The van der Waals surface area contributed by atoms with Crippen LogP contribution in [0.1, 0.15) is 0 Å². The van der Waals surface area contributed by atoms with E-state index in [0.717, 1.165) is 0 Å². The molecule has 0 bridgehead atoms. The summed E-state index contributed by atoms with van der Waals surface area (Å²) in [6.07, 6.45) is 0. The average molecular weight is 284 g/mol. The summed E-state index contributed by atoms with van der Waals surface area (Å²) in [7, 11) is 1.56. The number of hydrogen-bond donors (Lipinski definition) is 2. The summed E-state index contributed by atoms with van der Waals surface area (Å²) >= 11 is 0. The molecule has 2 N–H and O–H groups in total. The maximum atomic E-state index is 13.3. The number of methoxy groups -OCH3 is 1. The SMILES string of the molecule is COc1ccc(O)c(-c2cc(-c3cccc(F)c3)n[nH]2)c1. The van der Waals surface area contributed by atoms with E-state index in [1.807, 2.05) is 0 Å². The molecule has 0 amide bonds. The van der Waals surface area contributed by atoms with Gasteiger partial charge in [-0.3, -0.25) is 5.10 Å². The van der Waals surface area contributed by atoms with Gasteiger partial charge >= 0.3 is 0 Å². The standard InChI is InChI=1S/C16H13FN2O2/c1-21-12-5-6-16(20)13(8-12)15-9-14(18-19-15)10-3-2-4-11(17)7-10/h2-9,20H,1H3,(H,18,19). The maximum Gasteiger partial charge on any atom is 0.125 e. The van der Waals surface area contributed by atoms with Crippen LogP contribution in [0.4, 0.5) is 4.39 Å². The second-order valence-corrected chi connectivity index (χ2v) is 4.56. The van der Waals surface area contributed by atoms with Crippen molar-refractivity contribution in [2.24, 2.45) is 0 Å². The third-order valence-electron chi connectivity index (χ3n) is 3.19. The van der Waals surface area contributed by atoms with E-state index in [0.29, 0.717) is 28.3 Å². The summed E-state index contributed by atoms with van der Waals surface area (Å²) in [5.41, 5.74) is 2.47. The van der Waals surface area contributed by atoms with E-state index in [4.69, 9.17) is 4.74 Å². The first-order valence-corrected chi connectivity index (χ1v) is 6.36. The Morgan fingerprint density at radius 2 is 2.00 bits per heavy atom. The van der Waals surface area contributed by atoms with E-state index < -0.39 is 0 Å². The second-order valence-electron chi connectivity index (χ2n) is 4.56. The molecule has 1 heterocycles. The number of phenolic OH excluding ortho intramolecular Hbond substituents is 1. The fraction of sp³-hybridized carbons (Fsp3) is 0.0625. The topological polar surface area (TPSA) is 58.1 Å². The van der Waals surface area contributed by atoms with Gasteiger partial charge in [0.15, 0.2) is 0 Å². The van der Waals surface area contributed by atoms with Crippen molar-refractivity contribution < 1.29 is 14.2 Å². The number of rotatable bonds is 3. The van der Waals surface area contributed by atoms with E-state index in [9.17, 15) is 9.50 Å². The summed E-state index contributed by atoms with van der Waals surface area (Å²) in [5.74, 6) is 0.427. The number of ether oxygens (including phenoxy) is 1. The molecule has 0 saturated heterocycles. The highest BCUT2D eigenvalue weighted by molar-refractivity contribution is 5.73. The van der Waals surface area contributed by atoms with Crippen LogP contribution < -0.4 is 4.74 Å². The van der Waals surface area contributed by atoms with Gasteiger partial charge in [-0.15, -0.1) is 0 Å². The summed E-state index contributed by atoms with van der Waals surface area (Å²) in [6.45, 7) is 0. The van der Waals surface area contributed by atoms with Crippen LogP contribution >= 0.6 is 0 Å². The number of aromatic nitrogens is 2. The van der Waals surface area contributed by atoms with Crippen molar-refractivity contribution in [3.63, 3.8) is 0 Å². The number of halogens is 1. The first kappa shape index (κ1) is 13.2. The molecule has 2 aromatic carbocycles. The van der Waals surface area contributed by atoms with Gasteiger partial charge in [0, 0.05) is 11.1 Å². The van der Waals surface area contributed by atoms with Gasteiger partial charge < -0.3 is 9.84 Å². The largest absolute Gasteiger partial charge is 0.507 e. The van der Waals surface area contributed by atoms with Crippen LogP contribution in [-0.2, 0) is 0 Å². The molecule has 0 aliphatic carbocycles. The van der Waals surface area contributed by atoms with E-state index in [1.54, 1.807) is 43.5 Å². The predicted octanol–water partition coefficient (Wildman–Crippen LogP) is 3.60. The van der Waals surface area contributed by atoms with Crippen molar-refractivity contribution in [3.8, 4) is 34.0 Å². The molecule has 4 nitrogen and oxygen atoms in total. The minimum absolute atomic E-state index is 0.116.